The molecule has 2 saturated carbocycles. The molecule has 3 amide bonds. The van der Waals surface area contributed by atoms with Gasteiger partial charge < -0.3 is 10.1 Å². The molecule has 3 aliphatic rings. The van der Waals surface area contributed by atoms with Crippen molar-refractivity contribution in [2.24, 2.45) is 23.7 Å². The minimum absolute atomic E-state index is 0.251. The lowest BCUT2D eigenvalue weighted by Crippen LogP contribution is -2.38. The number of likely N-dealkylation sites (tertiary alicyclic amines) is 1. The van der Waals surface area contributed by atoms with Gasteiger partial charge in [-0.3, -0.25) is 24.1 Å². The minimum Gasteiger partial charge on any atom is -0.454 e. The smallest absolute Gasteiger partial charge is 0.326 e. The highest BCUT2D eigenvalue weighted by atomic mass is 16.5. The Hall–Kier alpha value is -2.70. The summed E-state index contributed by atoms with van der Waals surface area (Å²) < 4.78 is 5.00. The van der Waals surface area contributed by atoms with E-state index in [0.717, 1.165) is 35.3 Å². The van der Waals surface area contributed by atoms with Gasteiger partial charge in [0.15, 0.2) is 6.61 Å². The highest BCUT2D eigenvalue weighted by molar-refractivity contribution is 6.08. The molecular formula is C21H24N2O5. The number of hydrogen-bond acceptors (Lipinski definition) is 5. The molecule has 28 heavy (non-hydrogen) atoms. The summed E-state index contributed by atoms with van der Waals surface area (Å²) >= 11 is 0. The number of anilines is 1. The molecule has 1 saturated heterocycles. The number of amides is 3. The van der Waals surface area contributed by atoms with Crippen LogP contribution in [0.1, 0.15) is 30.4 Å². The maximum absolute atomic E-state index is 12.6. The number of nitrogens with zero attached hydrogens (tertiary/aromatic N) is 1. The molecule has 2 aliphatic carbocycles. The highest BCUT2D eigenvalue weighted by Gasteiger charge is 2.61. The monoisotopic (exact) mass is 384 g/mol. The van der Waals surface area contributed by atoms with Gasteiger partial charge in [0.25, 0.3) is 5.91 Å². The molecule has 0 spiro atoms. The van der Waals surface area contributed by atoms with Crippen LogP contribution in [-0.2, 0) is 23.9 Å². The van der Waals surface area contributed by atoms with Crippen LogP contribution < -0.4 is 5.32 Å². The Labute approximate surface area is 163 Å². The largest absolute Gasteiger partial charge is 0.454 e. The Kier molecular flexibility index (Phi) is 4.69. The Bertz CT molecular complexity index is 836. The average molecular weight is 384 g/mol. The Morgan fingerprint density at radius 1 is 1.11 bits per heavy atom. The molecular weight excluding hydrogens is 360 g/mol. The third-order valence-electron chi connectivity index (χ3n) is 6.34. The summed E-state index contributed by atoms with van der Waals surface area (Å²) in [6.07, 6.45) is 2.92. The minimum atomic E-state index is -0.745. The third-order valence-corrected chi connectivity index (χ3v) is 6.34. The van der Waals surface area contributed by atoms with Gasteiger partial charge in [-0.15, -0.1) is 0 Å². The van der Waals surface area contributed by atoms with Gasteiger partial charge in [-0.1, -0.05) is 12.1 Å². The molecule has 0 radical (unpaired) electrons. The van der Waals surface area contributed by atoms with Crippen LogP contribution >= 0.6 is 0 Å². The summed E-state index contributed by atoms with van der Waals surface area (Å²) in [6, 6.07) is 5.67. The predicted octanol–water partition coefficient (Wildman–Crippen LogP) is 1.82. The van der Waals surface area contributed by atoms with E-state index in [4.69, 9.17) is 4.74 Å². The SMILES string of the molecule is Cc1ccc(C)c(NC(=O)COC(=O)CN2C(=O)C3C4CCC(C4)C3C2=O)c1. The molecule has 1 aromatic rings. The van der Waals surface area contributed by atoms with E-state index in [1.807, 2.05) is 32.0 Å². The normalized spacial score (nSPS) is 27.9. The molecule has 3 fully saturated rings. The molecule has 7 heteroatoms. The summed E-state index contributed by atoms with van der Waals surface area (Å²) in [4.78, 5) is 50.4. The molecule has 1 aliphatic heterocycles. The van der Waals surface area contributed by atoms with Crippen molar-refractivity contribution in [3.8, 4) is 0 Å². The zero-order valence-electron chi connectivity index (χ0n) is 16.1. The number of aryl methyl sites for hydroxylation is 2. The molecule has 0 aromatic heterocycles. The fourth-order valence-electron chi connectivity index (χ4n) is 5.00. The highest BCUT2D eigenvalue weighted by Crippen LogP contribution is 2.56. The molecule has 1 aromatic carbocycles. The number of esters is 1. The number of ether oxygens (including phenoxy) is 1. The first-order valence-electron chi connectivity index (χ1n) is 9.73. The molecule has 1 N–H and O–H groups in total. The second-order valence-electron chi connectivity index (χ2n) is 8.17. The van der Waals surface area contributed by atoms with Crippen molar-refractivity contribution in [2.75, 3.05) is 18.5 Å². The standard InChI is InChI=1S/C21H24N2O5/c1-11-3-4-12(2)15(7-11)22-16(24)10-28-17(25)9-23-20(26)18-13-5-6-14(8-13)19(18)21(23)27/h3-4,7,13-14,18-19H,5-6,8-10H2,1-2H3,(H,22,24). The van der Waals surface area contributed by atoms with Crippen molar-refractivity contribution in [1.82, 2.24) is 4.90 Å². The van der Waals surface area contributed by atoms with Crippen LogP contribution in [0.5, 0.6) is 0 Å². The fourth-order valence-corrected chi connectivity index (χ4v) is 5.00. The van der Waals surface area contributed by atoms with Crippen molar-refractivity contribution in [1.29, 1.82) is 0 Å². The summed E-state index contributed by atoms with van der Waals surface area (Å²) in [5, 5.41) is 2.71. The van der Waals surface area contributed by atoms with E-state index < -0.39 is 25.0 Å². The van der Waals surface area contributed by atoms with E-state index in [-0.39, 0.29) is 35.5 Å². The fraction of sp³-hybridized carbons (Fsp3) is 0.524. The lowest BCUT2D eigenvalue weighted by atomic mass is 9.81. The quantitative estimate of drug-likeness (QED) is 0.617. The van der Waals surface area contributed by atoms with Gasteiger partial charge in [0.05, 0.1) is 11.8 Å². The third kappa shape index (κ3) is 3.19. The zero-order valence-corrected chi connectivity index (χ0v) is 16.1. The number of nitrogens with one attached hydrogen (secondary N) is 1. The number of imide groups is 1. The van der Waals surface area contributed by atoms with E-state index in [9.17, 15) is 19.2 Å². The number of hydrogen-bond donors (Lipinski definition) is 1. The number of fused-ring (bicyclic) bond motifs is 5. The van der Waals surface area contributed by atoms with Gasteiger partial charge in [0, 0.05) is 5.69 Å². The van der Waals surface area contributed by atoms with Crippen molar-refractivity contribution in [3.05, 3.63) is 29.3 Å². The summed E-state index contributed by atoms with van der Waals surface area (Å²) in [7, 11) is 0. The van der Waals surface area contributed by atoms with E-state index in [0.29, 0.717) is 5.69 Å². The maximum Gasteiger partial charge on any atom is 0.326 e. The average Bonchev–Trinajstić information content (AvgIpc) is 3.33. The molecule has 4 unspecified atom stereocenters. The first-order valence-corrected chi connectivity index (χ1v) is 9.73. The van der Waals surface area contributed by atoms with Gasteiger partial charge in [-0.25, -0.2) is 0 Å². The number of benzene rings is 1. The van der Waals surface area contributed by atoms with Crippen LogP contribution in [0.25, 0.3) is 0 Å². The second-order valence-corrected chi connectivity index (χ2v) is 8.17. The zero-order chi connectivity index (χ0) is 20.0. The molecule has 2 bridgehead atoms. The lowest BCUT2D eigenvalue weighted by Gasteiger charge is -2.19. The van der Waals surface area contributed by atoms with Gasteiger partial charge in [0.2, 0.25) is 11.8 Å². The van der Waals surface area contributed by atoms with Crippen LogP contribution in [-0.4, -0.2) is 41.7 Å². The first-order chi connectivity index (χ1) is 13.3. The van der Waals surface area contributed by atoms with Crippen LogP contribution in [0, 0.1) is 37.5 Å². The van der Waals surface area contributed by atoms with E-state index in [1.54, 1.807) is 0 Å². The van der Waals surface area contributed by atoms with E-state index >= 15 is 0 Å². The van der Waals surface area contributed by atoms with Crippen LogP contribution in [0.15, 0.2) is 18.2 Å². The Balaban J connectivity index is 1.30. The molecule has 7 nitrogen and oxygen atoms in total. The lowest BCUT2D eigenvalue weighted by molar-refractivity contribution is -0.154. The summed E-state index contributed by atoms with van der Waals surface area (Å²) in [5.74, 6) is -1.68. The van der Waals surface area contributed by atoms with Gasteiger partial charge in [0.1, 0.15) is 6.54 Å². The van der Waals surface area contributed by atoms with Crippen molar-refractivity contribution < 1.29 is 23.9 Å². The van der Waals surface area contributed by atoms with Gasteiger partial charge in [-0.05, 0) is 62.1 Å². The molecule has 148 valence electrons. The van der Waals surface area contributed by atoms with Crippen LogP contribution in [0.2, 0.25) is 0 Å². The first kappa shape index (κ1) is 18.7. The van der Waals surface area contributed by atoms with Crippen LogP contribution in [0.3, 0.4) is 0 Å². The Morgan fingerprint density at radius 2 is 1.75 bits per heavy atom. The summed E-state index contributed by atoms with van der Waals surface area (Å²) in [6.45, 7) is 2.91. The van der Waals surface area contributed by atoms with E-state index in [1.165, 1.54) is 0 Å². The molecule has 4 rings (SSSR count). The van der Waals surface area contributed by atoms with Crippen LogP contribution in [0.4, 0.5) is 5.69 Å². The van der Waals surface area contributed by atoms with Gasteiger partial charge in [-0.2, -0.15) is 0 Å². The summed E-state index contributed by atoms with van der Waals surface area (Å²) in [5.41, 5.74) is 2.57. The number of rotatable bonds is 5. The number of carbonyl (C=O) groups is 4. The van der Waals surface area contributed by atoms with E-state index in [2.05, 4.69) is 5.32 Å². The molecule has 4 atom stereocenters. The Morgan fingerprint density at radius 3 is 2.39 bits per heavy atom. The maximum atomic E-state index is 12.6. The predicted molar refractivity (Wildman–Crippen MR) is 100 cm³/mol. The van der Waals surface area contributed by atoms with Gasteiger partial charge >= 0.3 is 5.97 Å². The van der Waals surface area contributed by atoms with Crippen molar-refractivity contribution in [2.45, 2.75) is 33.1 Å². The second kappa shape index (κ2) is 7.04. The van der Waals surface area contributed by atoms with Crippen molar-refractivity contribution >= 4 is 29.4 Å². The van der Waals surface area contributed by atoms with Crippen molar-refractivity contribution in [3.63, 3.8) is 0 Å². The molecule has 1 heterocycles. The topological polar surface area (TPSA) is 92.8 Å². The number of carbonyl (C=O) groups excluding carboxylic acids is 4.